The topological polar surface area (TPSA) is 76.1 Å². The molecular weight excluding hydrogens is 236 g/mol. The fraction of sp³-hybridized carbons (Fsp3) is 0.250. The highest BCUT2D eigenvalue weighted by Crippen LogP contribution is 2.09. The van der Waals surface area contributed by atoms with Crippen molar-refractivity contribution in [2.75, 3.05) is 5.75 Å². The zero-order valence-electron chi connectivity index (χ0n) is 7.58. The highest BCUT2D eigenvalue weighted by Gasteiger charge is 2.23. The van der Waals surface area contributed by atoms with E-state index in [1.54, 1.807) is 10.9 Å². The number of nitrogens with zero attached hydrogens (tertiary/aromatic N) is 1. The molecule has 1 aromatic heterocycles. The summed E-state index contributed by atoms with van der Waals surface area (Å²) in [6.07, 6.45) is 1.47. The van der Waals surface area contributed by atoms with E-state index in [1.165, 1.54) is 17.4 Å². The monoisotopic (exact) mass is 244 g/mol. The summed E-state index contributed by atoms with van der Waals surface area (Å²) in [5, 5.41) is 5.31. The SMILES string of the molecule is O=C(NC1C=CS(=O)(=O)C1)c1cscn1. The van der Waals surface area contributed by atoms with Gasteiger partial charge in [0.1, 0.15) is 5.69 Å². The molecule has 2 heterocycles. The van der Waals surface area contributed by atoms with Crippen LogP contribution in [0.5, 0.6) is 0 Å². The van der Waals surface area contributed by atoms with Crippen LogP contribution in [0.1, 0.15) is 10.5 Å². The molecular formula is C8H8N2O3S2. The van der Waals surface area contributed by atoms with E-state index in [0.29, 0.717) is 5.69 Å². The van der Waals surface area contributed by atoms with Gasteiger partial charge in [-0.2, -0.15) is 0 Å². The van der Waals surface area contributed by atoms with Crippen LogP contribution < -0.4 is 5.32 Å². The van der Waals surface area contributed by atoms with Gasteiger partial charge in [-0.15, -0.1) is 11.3 Å². The van der Waals surface area contributed by atoms with E-state index < -0.39 is 15.9 Å². The van der Waals surface area contributed by atoms with Crippen molar-refractivity contribution in [3.05, 3.63) is 28.1 Å². The van der Waals surface area contributed by atoms with Crippen LogP contribution in [0.3, 0.4) is 0 Å². The van der Waals surface area contributed by atoms with Gasteiger partial charge in [0.05, 0.1) is 17.3 Å². The molecule has 5 nitrogen and oxygen atoms in total. The standard InChI is InChI=1S/C8H8N2O3S2/c11-8(7-3-14-5-9-7)10-6-1-2-15(12,13)4-6/h1-3,5-6H,4H2,(H,10,11). The Bertz CT molecular complexity index is 490. The first kappa shape index (κ1) is 10.3. The molecule has 0 fully saturated rings. The third kappa shape index (κ3) is 2.42. The quantitative estimate of drug-likeness (QED) is 0.805. The maximum Gasteiger partial charge on any atom is 0.271 e. The lowest BCUT2D eigenvalue weighted by molar-refractivity contribution is 0.0943. The minimum atomic E-state index is -3.12. The molecule has 15 heavy (non-hydrogen) atoms. The van der Waals surface area contributed by atoms with E-state index in [2.05, 4.69) is 10.3 Å². The fourth-order valence-electron chi connectivity index (χ4n) is 1.23. The smallest absolute Gasteiger partial charge is 0.271 e. The van der Waals surface area contributed by atoms with E-state index in [1.807, 2.05) is 0 Å². The van der Waals surface area contributed by atoms with Crippen molar-refractivity contribution < 1.29 is 13.2 Å². The average molecular weight is 244 g/mol. The molecule has 0 aromatic carbocycles. The van der Waals surface area contributed by atoms with Crippen LogP contribution in [0.2, 0.25) is 0 Å². The highest BCUT2D eigenvalue weighted by atomic mass is 32.2. The lowest BCUT2D eigenvalue weighted by atomic mass is 10.3. The van der Waals surface area contributed by atoms with Crippen LogP contribution >= 0.6 is 11.3 Å². The van der Waals surface area contributed by atoms with Crippen LogP contribution in [-0.2, 0) is 9.84 Å². The molecule has 1 aliphatic rings. The fourth-order valence-corrected chi connectivity index (χ4v) is 3.00. The lowest BCUT2D eigenvalue weighted by Gasteiger charge is -2.07. The van der Waals surface area contributed by atoms with Crippen LogP contribution in [0, 0.1) is 0 Å². The van der Waals surface area contributed by atoms with E-state index in [-0.39, 0.29) is 11.7 Å². The van der Waals surface area contributed by atoms with Crippen molar-refractivity contribution in [3.8, 4) is 0 Å². The Morgan fingerprint density at radius 3 is 2.93 bits per heavy atom. The van der Waals surface area contributed by atoms with Crippen molar-refractivity contribution in [2.24, 2.45) is 0 Å². The summed E-state index contributed by atoms with van der Waals surface area (Å²) >= 11 is 1.32. The number of nitrogens with one attached hydrogen (secondary N) is 1. The van der Waals surface area contributed by atoms with Gasteiger partial charge in [0.2, 0.25) is 0 Å². The number of carbonyl (C=O) groups is 1. The summed E-state index contributed by atoms with van der Waals surface area (Å²) in [5.74, 6) is -0.411. The van der Waals surface area contributed by atoms with E-state index >= 15 is 0 Å². The minimum Gasteiger partial charge on any atom is -0.343 e. The molecule has 0 saturated heterocycles. The van der Waals surface area contributed by atoms with Crippen LogP contribution in [0.15, 0.2) is 22.4 Å². The molecule has 1 aromatic rings. The van der Waals surface area contributed by atoms with E-state index in [4.69, 9.17) is 0 Å². The number of hydrogen-bond donors (Lipinski definition) is 1. The van der Waals surface area contributed by atoms with Gasteiger partial charge >= 0.3 is 0 Å². The maximum absolute atomic E-state index is 11.5. The molecule has 0 aliphatic carbocycles. The normalized spacial score (nSPS) is 22.8. The molecule has 0 radical (unpaired) electrons. The van der Waals surface area contributed by atoms with Gasteiger partial charge in [0, 0.05) is 10.8 Å². The van der Waals surface area contributed by atoms with E-state index in [9.17, 15) is 13.2 Å². The molecule has 2 rings (SSSR count). The van der Waals surface area contributed by atoms with Crippen molar-refractivity contribution in [1.29, 1.82) is 0 Å². The minimum absolute atomic E-state index is 0.0666. The molecule has 1 atom stereocenters. The van der Waals surface area contributed by atoms with Gasteiger partial charge < -0.3 is 5.32 Å². The Labute approximate surface area is 90.8 Å². The summed E-state index contributed by atoms with van der Waals surface area (Å²) in [5.41, 5.74) is 1.87. The van der Waals surface area contributed by atoms with Crippen molar-refractivity contribution >= 4 is 27.1 Å². The Kier molecular flexibility index (Phi) is 2.57. The number of rotatable bonds is 2. The predicted octanol–water partition coefficient (Wildman–Crippen LogP) is 0.184. The Morgan fingerprint density at radius 2 is 2.40 bits per heavy atom. The number of carbonyl (C=O) groups excluding carboxylic acids is 1. The molecule has 80 valence electrons. The maximum atomic E-state index is 11.5. The van der Waals surface area contributed by atoms with Gasteiger partial charge in [-0.3, -0.25) is 4.79 Å². The molecule has 1 amide bonds. The Balaban J connectivity index is 2.01. The summed E-state index contributed by atoms with van der Waals surface area (Å²) in [6.45, 7) is 0. The van der Waals surface area contributed by atoms with Crippen molar-refractivity contribution in [1.82, 2.24) is 10.3 Å². The Morgan fingerprint density at radius 1 is 1.60 bits per heavy atom. The molecule has 0 spiro atoms. The third-order valence-corrected chi connectivity index (χ3v) is 3.89. The van der Waals surface area contributed by atoms with Gasteiger partial charge in [0.25, 0.3) is 5.91 Å². The predicted molar refractivity (Wildman–Crippen MR) is 56.3 cm³/mol. The lowest BCUT2D eigenvalue weighted by Crippen LogP contribution is -2.35. The van der Waals surface area contributed by atoms with Gasteiger partial charge in [-0.25, -0.2) is 13.4 Å². The van der Waals surface area contributed by atoms with Gasteiger partial charge in [-0.1, -0.05) is 0 Å². The molecule has 1 unspecified atom stereocenters. The first-order valence-corrected chi connectivity index (χ1v) is 6.83. The number of aromatic nitrogens is 1. The number of hydrogen-bond acceptors (Lipinski definition) is 5. The summed E-state index contributed by atoms with van der Waals surface area (Å²) in [7, 11) is -3.12. The van der Waals surface area contributed by atoms with Crippen molar-refractivity contribution in [2.45, 2.75) is 6.04 Å². The number of sulfone groups is 1. The second-order valence-corrected chi connectivity index (χ2v) is 5.76. The zero-order valence-corrected chi connectivity index (χ0v) is 9.22. The molecule has 1 N–H and O–H groups in total. The first-order chi connectivity index (χ1) is 7.07. The summed E-state index contributed by atoms with van der Waals surface area (Å²) < 4.78 is 22.1. The van der Waals surface area contributed by atoms with Crippen LogP contribution in [0.4, 0.5) is 0 Å². The van der Waals surface area contributed by atoms with Crippen LogP contribution in [0.25, 0.3) is 0 Å². The average Bonchev–Trinajstić information content (AvgIpc) is 2.74. The van der Waals surface area contributed by atoms with Gasteiger partial charge in [-0.05, 0) is 6.08 Å². The molecule has 7 heteroatoms. The third-order valence-electron chi connectivity index (χ3n) is 1.91. The zero-order chi connectivity index (χ0) is 10.9. The Hall–Kier alpha value is -1.21. The molecule has 0 saturated carbocycles. The summed E-state index contributed by atoms with van der Waals surface area (Å²) in [6, 6.07) is -0.441. The van der Waals surface area contributed by atoms with E-state index in [0.717, 1.165) is 5.41 Å². The van der Waals surface area contributed by atoms with Gasteiger partial charge in [0.15, 0.2) is 9.84 Å². The number of amides is 1. The first-order valence-electron chi connectivity index (χ1n) is 4.17. The molecule has 1 aliphatic heterocycles. The van der Waals surface area contributed by atoms with Crippen molar-refractivity contribution in [3.63, 3.8) is 0 Å². The molecule has 0 bridgehead atoms. The number of thiazole rings is 1. The second kappa shape index (κ2) is 3.74. The second-order valence-electron chi connectivity index (χ2n) is 3.11. The summed E-state index contributed by atoms with van der Waals surface area (Å²) in [4.78, 5) is 15.3. The highest BCUT2D eigenvalue weighted by molar-refractivity contribution is 7.94. The van der Waals surface area contributed by atoms with Crippen LogP contribution in [-0.4, -0.2) is 31.1 Å². The largest absolute Gasteiger partial charge is 0.343 e.